The molecule has 2 rings (SSSR count). The summed E-state index contributed by atoms with van der Waals surface area (Å²) in [5, 5.41) is 6.70. The monoisotopic (exact) mass is 344 g/mol. The first-order chi connectivity index (χ1) is 11.6. The van der Waals surface area contributed by atoms with Gasteiger partial charge < -0.3 is 15.1 Å². The highest BCUT2D eigenvalue weighted by Crippen LogP contribution is 2.24. The van der Waals surface area contributed by atoms with E-state index in [1.165, 1.54) is 0 Å². The zero-order valence-electron chi connectivity index (χ0n) is 13.7. The van der Waals surface area contributed by atoms with Crippen molar-refractivity contribution in [1.29, 1.82) is 0 Å². The molecule has 2 aromatic heterocycles. The fourth-order valence-corrected chi connectivity index (χ4v) is 2.93. The summed E-state index contributed by atoms with van der Waals surface area (Å²) in [5.74, 6) is 0.618. The van der Waals surface area contributed by atoms with Gasteiger partial charge in [0, 0.05) is 18.3 Å². The van der Waals surface area contributed by atoms with E-state index in [0.29, 0.717) is 18.8 Å². The van der Waals surface area contributed by atoms with E-state index >= 15 is 0 Å². The number of allylic oxidation sites excluding steroid dienone is 3. The molecule has 2 heterocycles. The van der Waals surface area contributed by atoms with Crippen LogP contribution in [0.25, 0.3) is 5.70 Å². The lowest BCUT2D eigenvalue weighted by Gasteiger charge is -2.05. The van der Waals surface area contributed by atoms with Gasteiger partial charge in [0.15, 0.2) is 0 Å². The molecule has 6 nitrogen and oxygen atoms in total. The summed E-state index contributed by atoms with van der Waals surface area (Å²) in [6.07, 6.45) is 10.0. The largest absolute Gasteiger partial charge is 0.447 e. The third kappa shape index (κ3) is 5.20. The molecule has 7 heteroatoms. The van der Waals surface area contributed by atoms with Crippen LogP contribution < -0.4 is 10.6 Å². The molecule has 0 saturated carbocycles. The van der Waals surface area contributed by atoms with Crippen LogP contribution in [-0.4, -0.2) is 16.4 Å². The normalized spacial score (nSPS) is 11.7. The van der Waals surface area contributed by atoms with Crippen molar-refractivity contribution >= 4 is 23.4 Å². The zero-order chi connectivity index (χ0) is 17.4. The van der Waals surface area contributed by atoms with E-state index in [1.54, 1.807) is 30.0 Å². The molecule has 0 radical (unpaired) electrons. The average molecular weight is 344 g/mol. The molecule has 24 heavy (non-hydrogen) atoms. The summed E-state index contributed by atoms with van der Waals surface area (Å²) in [4.78, 5) is 19.9. The third-order valence-corrected chi connectivity index (χ3v) is 4.40. The summed E-state index contributed by atoms with van der Waals surface area (Å²) in [6.45, 7) is 8.50. The van der Waals surface area contributed by atoms with Gasteiger partial charge in [-0.05, 0) is 19.9 Å². The molecule has 0 saturated heterocycles. The van der Waals surface area contributed by atoms with Crippen LogP contribution in [0, 0.1) is 6.92 Å². The molecule has 0 aliphatic rings. The number of thiazole rings is 1. The number of aryl methyl sites for hydroxylation is 1. The first-order valence-electron chi connectivity index (χ1n) is 7.41. The van der Waals surface area contributed by atoms with Crippen LogP contribution >= 0.6 is 11.3 Å². The van der Waals surface area contributed by atoms with Crippen LogP contribution in [0.15, 0.2) is 47.4 Å². The van der Waals surface area contributed by atoms with Crippen molar-refractivity contribution in [3.05, 3.63) is 64.4 Å². The van der Waals surface area contributed by atoms with Crippen LogP contribution in [0.2, 0.25) is 0 Å². The van der Waals surface area contributed by atoms with Crippen LogP contribution in [0.3, 0.4) is 0 Å². The molecule has 0 aliphatic carbocycles. The van der Waals surface area contributed by atoms with E-state index in [4.69, 9.17) is 4.42 Å². The van der Waals surface area contributed by atoms with Gasteiger partial charge in [0.05, 0.1) is 28.3 Å². The van der Waals surface area contributed by atoms with Crippen molar-refractivity contribution in [2.24, 2.45) is 0 Å². The average Bonchev–Trinajstić information content (AvgIpc) is 3.20. The first-order valence-corrected chi connectivity index (χ1v) is 8.22. The van der Waals surface area contributed by atoms with Gasteiger partial charge in [-0.2, -0.15) is 0 Å². The van der Waals surface area contributed by atoms with E-state index < -0.39 is 0 Å². The Hall–Kier alpha value is -2.67. The number of amides is 1. The summed E-state index contributed by atoms with van der Waals surface area (Å²) in [6, 6.07) is 0. The maximum atomic E-state index is 10.2. The van der Waals surface area contributed by atoms with E-state index in [2.05, 4.69) is 33.3 Å². The minimum Gasteiger partial charge on any atom is -0.447 e. The molecule has 2 aromatic rings. The second kappa shape index (κ2) is 8.83. The van der Waals surface area contributed by atoms with Crippen molar-refractivity contribution in [3.63, 3.8) is 0 Å². The van der Waals surface area contributed by atoms with Crippen molar-refractivity contribution in [2.45, 2.75) is 26.8 Å². The van der Waals surface area contributed by atoms with Gasteiger partial charge in [-0.25, -0.2) is 9.97 Å². The Morgan fingerprint density at radius 1 is 1.50 bits per heavy atom. The summed E-state index contributed by atoms with van der Waals surface area (Å²) in [5.41, 5.74) is 2.81. The number of hydrogen-bond acceptors (Lipinski definition) is 6. The predicted molar refractivity (Wildman–Crippen MR) is 95.0 cm³/mol. The fourth-order valence-electron chi connectivity index (χ4n) is 1.96. The third-order valence-electron chi connectivity index (χ3n) is 3.16. The van der Waals surface area contributed by atoms with Gasteiger partial charge in [0.25, 0.3) is 0 Å². The SMILES string of the molecule is C=C(NCc1ncco1)c1sc(CC=C(C)/C=C\NC=O)nc1C. The molecule has 126 valence electrons. The molecule has 2 N–H and O–H groups in total. The van der Waals surface area contributed by atoms with Crippen molar-refractivity contribution in [1.82, 2.24) is 20.6 Å². The molecule has 0 unspecified atom stereocenters. The number of carbonyl (C=O) groups excluding carboxylic acids is 1. The maximum Gasteiger partial charge on any atom is 0.213 e. The lowest BCUT2D eigenvalue weighted by atomic mass is 10.2. The highest BCUT2D eigenvalue weighted by molar-refractivity contribution is 7.12. The first kappa shape index (κ1) is 17.7. The molecular formula is C17H20N4O2S. The number of nitrogens with zero attached hydrogens (tertiary/aromatic N) is 2. The quantitative estimate of drug-likeness (QED) is 0.540. The van der Waals surface area contributed by atoms with E-state index in [1.807, 2.05) is 19.9 Å². The Bertz CT molecular complexity index is 745. The molecule has 0 atom stereocenters. The van der Waals surface area contributed by atoms with Crippen molar-refractivity contribution < 1.29 is 9.21 Å². The Morgan fingerprint density at radius 2 is 2.33 bits per heavy atom. The topological polar surface area (TPSA) is 80.0 Å². The highest BCUT2D eigenvalue weighted by Gasteiger charge is 2.10. The number of rotatable bonds is 9. The summed E-state index contributed by atoms with van der Waals surface area (Å²) >= 11 is 1.61. The fraction of sp³-hybridized carbons (Fsp3) is 0.235. The standard InChI is InChI=1S/C17H20N4O2S/c1-12(6-7-18-11-22)4-5-16-21-14(3)17(24-16)13(2)20-10-15-19-8-9-23-15/h4,6-9,11,20H,2,5,10H2,1,3H3,(H,18,22)/b7-6-,12-4?. The summed E-state index contributed by atoms with van der Waals surface area (Å²) in [7, 11) is 0. The predicted octanol–water partition coefficient (Wildman–Crippen LogP) is 2.95. The van der Waals surface area contributed by atoms with Crippen molar-refractivity contribution in [2.75, 3.05) is 0 Å². The smallest absolute Gasteiger partial charge is 0.213 e. The van der Waals surface area contributed by atoms with E-state index in [0.717, 1.165) is 33.3 Å². The molecule has 0 aliphatic heterocycles. The van der Waals surface area contributed by atoms with Gasteiger partial charge in [0.1, 0.15) is 6.26 Å². The molecular weight excluding hydrogens is 324 g/mol. The van der Waals surface area contributed by atoms with Crippen LogP contribution in [0.4, 0.5) is 0 Å². The molecule has 1 amide bonds. The number of hydrogen-bond donors (Lipinski definition) is 2. The number of carbonyl (C=O) groups is 1. The Morgan fingerprint density at radius 3 is 3.04 bits per heavy atom. The number of oxazole rings is 1. The highest BCUT2D eigenvalue weighted by atomic mass is 32.1. The Labute approximate surface area is 145 Å². The van der Waals surface area contributed by atoms with Crippen LogP contribution in [0.1, 0.15) is 28.4 Å². The second-order valence-corrected chi connectivity index (χ2v) is 6.13. The van der Waals surface area contributed by atoms with Gasteiger partial charge in [-0.3, -0.25) is 4.79 Å². The van der Waals surface area contributed by atoms with E-state index in [9.17, 15) is 4.79 Å². The molecule has 0 aromatic carbocycles. The Kier molecular flexibility index (Phi) is 6.51. The van der Waals surface area contributed by atoms with Crippen LogP contribution in [0.5, 0.6) is 0 Å². The summed E-state index contributed by atoms with van der Waals surface area (Å²) < 4.78 is 5.19. The Balaban J connectivity index is 1.95. The number of aromatic nitrogens is 2. The van der Waals surface area contributed by atoms with Gasteiger partial charge >= 0.3 is 0 Å². The van der Waals surface area contributed by atoms with E-state index in [-0.39, 0.29) is 0 Å². The van der Waals surface area contributed by atoms with Crippen molar-refractivity contribution in [3.8, 4) is 0 Å². The molecule has 0 fully saturated rings. The van der Waals surface area contributed by atoms with Crippen LogP contribution in [-0.2, 0) is 17.8 Å². The maximum absolute atomic E-state index is 10.2. The minimum absolute atomic E-state index is 0.492. The minimum atomic E-state index is 0.492. The van der Waals surface area contributed by atoms with Gasteiger partial charge in [-0.15, -0.1) is 11.3 Å². The lowest BCUT2D eigenvalue weighted by Crippen LogP contribution is -2.10. The van der Waals surface area contributed by atoms with Gasteiger partial charge in [-0.1, -0.05) is 18.2 Å². The molecule has 0 bridgehead atoms. The second-order valence-electron chi connectivity index (χ2n) is 5.05. The van der Waals surface area contributed by atoms with Gasteiger partial charge in [0.2, 0.25) is 12.3 Å². The zero-order valence-corrected chi connectivity index (χ0v) is 14.5. The number of nitrogens with one attached hydrogen (secondary N) is 2. The lowest BCUT2D eigenvalue weighted by molar-refractivity contribution is -0.108. The molecule has 0 spiro atoms.